The number of likely N-dealkylation sites (tertiary alicyclic amines) is 1. The lowest BCUT2D eigenvalue weighted by Gasteiger charge is -2.45. The molecule has 2 saturated heterocycles. The highest BCUT2D eigenvalue weighted by molar-refractivity contribution is 7.09. The Morgan fingerprint density at radius 2 is 1.61 bits per heavy atom. The van der Waals surface area contributed by atoms with Crippen LogP contribution < -0.4 is 26.4 Å². The maximum Gasteiger partial charge on any atom is 0.335 e. The molecule has 1 aromatic heterocycles. The number of amides is 6. The number of ether oxygens (including phenoxy) is 3. The van der Waals surface area contributed by atoms with Crippen molar-refractivity contribution in [2.24, 2.45) is 29.4 Å². The van der Waals surface area contributed by atoms with Crippen LogP contribution in [-0.4, -0.2) is 193 Å². The Bertz CT molecular complexity index is 2960. The number of anilines is 1. The van der Waals surface area contributed by atoms with Crippen molar-refractivity contribution in [3.63, 3.8) is 0 Å². The van der Waals surface area contributed by atoms with Crippen LogP contribution in [0.4, 0.5) is 5.69 Å². The lowest BCUT2D eigenvalue weighted by Crippen LogP contribution is -2.61. The van der Waals surface area contributed by atoms with E-state index < -0.39 is 108 Å². The zero-order valence-electron chi connectivity index (χ0n) is 51.2. The molecule has 2 aromatic carbocycles. The Hall–Kier alpha value is -7.04. The van der Waals surface area contributed by atoms with Crippen molar-refractivity contribution in [2.75, 3.05) is 45.7 Å². The minimum absolute atomic E-state index is 0.00681. The molecule has 10 N–H and O–H groups in total. The zero-order valence-corrected chi connectivity index (χ0v) is 52.1. The van der Waals surface area contributed by atoms with Crippen molar-refractivity contribution in [1.82, 2.24) is 25.4 Å². The second kappa shape index (κ2) is 31.9. The summed E-state index contributed by atoms with van der Waals surface area (Å²) in [7, 11) is 3.70. The van der Waals surface area contributed by atoms with E-state index in [1.165, 1.54) is 17.4 Å². The first kappa shape index (κ1) is 70.1. The fourth-order valence-electron chi connectivity index (χ4n) is 11.8. The van der Waals surface area contributed by atoms with Crippen LogP contribution in [0.1, 0.15) is 126 Å². The van der Waals surface area contributed by atoms with E-state index in [-0.39, 0.29) is 90.1 Å². The van der Waals surface area contributed by atoms with Gasteiger partial charge in [-0.1, -0.05) is 71.4 Å². The average molecular weight is 1250 g/mol. The standard InChI is InChI=1S/C62H86N8O17S/c1-9-35(5)40(59(80)68(7)43(34(3)4)30-48(85-10-2)58-67-42(33-88-58)56(78)65-39(26-36(6)60(81)82)27-37-16-12-11-13-17-37)29-46(71)45-18-14-15-25-70(45,8)32-38-19-20-47(86-62-54(77)52(75)53(76)55(87-62)61(83)84)41(28-38)66-49(72)23-24-64-57(79)44(31-63)69-50(73)21-22-51(69)74/h11-13,16-17,19-22,28,33-36,39-40,43-45,48,52-55,62,75-77H,9-10,14-15,18,23-27,29-32,63H2,1-8H3,(H4-,64,65,66,72,78,79,81,82,83,84)/p+1/t35-,36-,39+,40-,43+,44-,45+,48+,52-,53-,54+,55-,62+,70?/m0/s1. The van der Waals surface area contributed by atoms with E-state index in [2.05, 4.69) is 16.0 Å². The van der Waals surface area contributed by atoms with Gasteiger partial charge in [0, 0.05) is 93.5 Å². The first-order valence-electron chi connectivity index (χ1n) is 30.0. The van der Waals surface area contributed by atoms with E-state index in [1.54, 1.807) is 36.4 Å². The molecule has 14 atom stereocenters. The summed E-state index contributed by atoms with van der Waals surface area (Å²) in [6.07, 6.45) is -5.18. The molecular weight excluding hydrogens is 1160 g/mol. The third-order valence-corrected chi connectivity index (χ3v) is 18.0. The molecule has 6 amide bonds. The molecule has 0 radical (unpaired) electrons. The average Bonchev–Trinajstić information content (AvgIpc) is 1.33. The molecule has 3 aromatic rings. The number of likely N-dealkylation sites (N-methyl/N-ethyl adjacent to an activating group) is 1. The van der Waals surface area contributed by atoms with Gasteiger partial charge in [-0.25, -0.2) is 9.78 Å². The molecule has 0 bridgehead atoms. The number of aliphatic carboxylic acids is 2. The lowest BCUT2D eigenvalue weighted by atomic mass is 9.82. The molecular formula is C62H87N8O17S+. The van der Waals surface area contributed by atoms with Gasteiger partial charge in [-0.05, 0) is 68.2 Å². The second-order valence-electron chi connectivity index (χ2n) is 23.8. The van der Waals surface area contributed by atoms with Gasteiger partial charge in [-0.2, -0.15) is 0 Å². The molecule has 0 spiro atoms. The number of carbonyl (C=O) groups is 9. The molecule has 2 fully saturated rings. The van der Waals surface area contributed by atoms with Gasteiger partial charge in [0.15, 0.2) is 11.9 Å². The summed E-state index contributed by atoms with van der Waals surface area (Å²) in [5, 5.41) is 61.6. The van der Waals surface area contributed by atoms with E-state index >= 15 is 9.59 Å². The number of nitrogens with two attached hydrogens (primary N) is 1. The Morgan fingerprint density at radius 1 is 0.920 bits per heavy atom. The minimum Gasteiger partial charge on any atom is -0.481 e. The van der Waals surface area contributed by atoms with Crippen LogP contribution >= 0.6 is 11.3 Å². The van der Waals surface area contributed by atoms with E-state index in [9.17, 15) is 59.1 Å². The summed E-state index contributed by atoms with van der Waals surface area (Å²) >= 11 is 1.26. The number of hydrogen-bond acceptors (Lipinski definition) is 18. The number of ketones is 1. The molecule has 25 nitrogen and oxygen atoms in total. The summed E-state index contributed by atoms with van der Waals surface area (Å²) in [5.41, 5.74) is 7.45. The van der Waals surface area contributed by atoms with E-state index in [4.69, 9.17) is 24.9 Å². The number of quaternary nitrogens is 1. The fourth-order valence-corrected chi connectivity index (χ4v) is 12.6. The molecule has 1 unspecified atom stereocenters. The highest BCUT2D eigenvalue weighted by Gasteiger charge is 2.49. The topological polar surface area (TPSA) is 364 Å². The number of aromatic nitrogens is 1. The maximum absolute atomic E-state index is 15.1. The van der Waals surface area contributed by atoms with Crippen LogP contribution in [-0.2, 0) is 60.8 Å². The number of carbonyl (C=O) groups excluding carboxylic acids is 7. The van der Waals surface area contributed by atoms with Gasteiger partial charge in [0.1, 0.15) is 59.5 Å². The number of benzene rings is 2. The zero-order chi connectivity index (χ0) is 64.7. The largest absolute Gasteiger partial charge is 0.481 e. The summed E-state index contributed by atoms with van der Waals surface area (Å²) in [6.45, 7) is 11.9. The number of imide groups is 1. The number of thiazole rings is 1. The number of nitrogens with one attached hydrogen (secondary N) is 3. The summed E-state index contributed by atoms with van der Waals surface area (Å²) in [4.78, 5) is 126. The Kier molecular flexibility index (Phi) is 25.4. The number of carboxylic acid groups (broad SMARTS) is 2. The smallest absolute Gasteiger partial charge is 0.335 e. The molecule has 0 saturated carbocycles. The molecule has 4 heterocycles. The predicted octanol–water partition coefficient (Wildman–Crippen LogP) is 3.33. The monoisotopic (exact) mass is 1250 g/mol. The number of nitrogens with zero attached hydrogens (tertiary/aromatic N) is 4. The van der Waals surface area contributed by atoms with Crippen molar-refractivity contribution in [1.29, 1.82) is 0 Å². The van der Waals surface area contributed by atoms with Gasteiger partial charge in [0.25, 0.3) is 17.7 Å². The van der Waals surface area contributed by atoms with Crippen molar-refractivity contribution in [2.45, 2.75) is 167 Å². The van der Waals surface area contributed by atoms with Crippen LogP contribution in [0.3, 0.4) is 0 Å². The number of carboxylic acids is 2. The normalized spacial score (nSPS) is 23.5. The van der Waals surface area contributed by atoms with Crippen LogP contribution in [0.25, 0.3) is 0 Å². The maximum atomic E-state index is 15.1. The minimum atomic E-state index is -2.01. The van der Waals surface area contributed by atoms with Gasteiger partial charge in [-0.15, -0.1) is 11.3 Å². The number of aliphatic hydroxyl groups excluding tert-OH is 3. The summed E-state index contributed by atoms with van der Waals surface area (Å²) < 4.78 is 17.8. The molecule has 6 rings (SSSR count). The Labute approximate surface area is 516 Å². The quantitative estimate of drug-likeness (QED) is 0.0320. The fraction of sp³-hybridized carbons (Fsp3) is 0.581. The predicted molar refractivity (Wildman–Crippen MR) is 322 cm³/mol. The first-order valence-corrected chi connectivity index (χ1v) is 30.9. The second-order valence-corrected chi connectivity index (χ2v) is 24.7. The van der Waals surface area contributed by atoms with Gasteiger partial charge < -0.3 is 70.8 Å². The molecule has 482 valence electrons. The van der Waals surface area contributed by atoms with Crippen molar-refractivity contribution < 1.29 is 87.4 Å². The van der Waals surface area contributed by atoms with E-state index in [0.29, 0.717) is 54.3 Å². The van der Waals surface area contributed by atoms with E-state index in [0.717, 1.165) is 30.6 Å². The number of rotatable bonds is 32. The molecule has 88 heavy (non-hydrogen) atoms. The van der Waals surface area contributed by atoms with Gasteiger partial charge in [0.2, 0.25) is 24.0 Å². The van der Waals surface area contributed by atoms with Gasteiger partial charge in [-0.3, -0.25) is 43.3 Å². The van der Waals surface area contributed by atoms with Crippen LogP contribution in [0.15, 0.2) is 66.1 Å². The summed E-state index contributed by atoms with van der Waals surface area (Å²) in [6, 6.07) is 11.4. The SMILES string of the molecule is CCO[C@H](C[C@H](C(C)C)N(C)C(=O)[C@@H](CC(=O)[C@H]1CCCC[N+]1(C)Cc1ccc(O[C@@H]2O[C@H](C(=O)O)[C@@H](O)[C@H](O)[C@H]2O)c(NC(=O)CCNC(=O)[C@H](CN)N2C(=O)C=CC2=O)c1)[C@@H](C)CC)c1nc(C(=O)N[C@@H](Cc2ccccc2)C[C@H](C)C(=O)O)cs1. The van der Waals surface area contributed by atoms with Crippen molar-refractivity contribution in [3.05, 3.63) is 87.9 Å². The number of aliphatic hydroxyl groups is 3. The van der Waals surface area contributed by atoms with Gasteiger partial charge >= 0.3 is 11.9 Å². The molecule has 3 aliphatic heterocycles. The highest BCUT2D eigenvalue weighted by Crippen LogP contribution is 2.37. The number of piperidine rings is 1. The molecule has 0 aliphatic carbocycles. The van der Waals surface area contributed by atoms with Crippen LogP contribution in [0.5, 0.6) is 5.75 Å². The first-order chi connectivity index (χ1) is 41.7. The highest BCUT2D eigenvalue weighted by atomic mass is 32.1. The summed E-state index contributed by atoms with van der Waals surface area (Å²) in [5.74, 6) is -8.09. The molecule has 3 aliphatic rings. The van der Waals surface area contributed by atoms with Crippen molar-refractivity contribution in [3.8, 4) is 5.75 Å². The number of Topliss-reactive ketones (excluding diaryl/α,β-unsaturated/α-hetero) is 1. The van der Waals surface area contributed by atoms with Gasteiger partial charge in [0.05, 0.1) is 25.2 Å². The third kappa shape index (κ3) is 17.9. The van der Waals surface area contributed by atoms with Crippen molar-refractivity contribution >= 4 is 70.2 Å². The van der Waals surface area contributed by atoms with Crippen LogP contribution in [0.2, 0.25) is 0 Å². The number of hydrogen-bond donors (Lipinski definition) is 9. The Balaban J connectivity index is 1.19. The lowest BCUT2D eigenvalue weighted by molar-refractivity contribution is -0.941. The van der Waals surface area contributed by atoms with E-state index in [1.807, 2.05) is 72.0 Å². The third-order valence-electron chi connectivity index (χ3n) is 17.0. The molecule has 26 heteroatoms. The van der Waals surface area contributed by atoms with Crippen LogP contribution in [0, 0.1) is 23.7 Å². The Morgan fingerprint density at radius 3 is 2.24 bits per heavy atom.